The lowest BCUT2D eigenvalue weighted by Crippen LogP contribution is -2.20. The summed E-state index contributed by atoms with van der Waals surface area (Å²) in [5.41, 5.74) is 1.11. The molecule has 0 bridgehead atoms. The van der Waals surface area contributed by atoms with E-state index in [9.17, 15) is 14.9 Å². The van der Waals surface area contributed by atoms with Gasteiger partial charge in [0.05, 0.1) is 11.5 Å². The second-order valence-corrected chi connectivity index (χ2v) is 5.00. The summed E-state index contributed by atoms with van der Waals surface area (Å²) in [4.78, 5) is 22.2. The van der Waals surface area contributed by atoms with Gasteiger partial charge in [0.25, 0.3) is 11.6 Å². The summed E-state index contributed by atoms with van der Waals surface area (Å²) < 4.78 is 10.7. The molecule has 126 valence electrons. The maximum absolute atomic E-state index is 11.9. The Hall–Kier alpha value is -3.09. The predicted octanol–water partition coefficient (Wildman–Crippen LogP) is 3.32. The molecule has 2 aromatic rings. The third-order valence-electron chi connectivity index (χ3n) is 3.20. The fraction of sp³-hybridized carbons (Fsp3) is 0.235. The minimum Gasteiger partial charge on any atom is -0.494 e. The van der Waals surface area contributed by atoms with Crippen molar-refractivity contribution in [2.45, 2.75) is 13.8 Å². The Morgan fingerprint density at radius 3 is 2.29 bits per heavy atom. The molecule has 0 unspecified atom stereocenters. The van der Waals surface area contributed by atoms with Crippen molar-refractivity contribution in [3.05, 3.63) is 58.1 Å². The van der Waals surface area contributed by atoms with E-state index in [-0.39, 0.29) is 18.2 Å². The molecule has 1 amide bonds. The summed E-state index contributed by atoms with van der Waals surface area (Å²) in [6.07, 6.45) is 0. The van der Waals surface area contributed by atoms with Gasteiger partial charge in [-0.1, -0.05) is 0 Å². The Balaban J connectivity index is 1.90. The van der Waals surface area contributed by atoms with Crippen molar-refractivity contribution in [1.29, 1.82) is 0 Å². The van der Waals surface area contributed by atoms with Crippen LogP contribution >= 0.6 is 0 Å². The van der Waals surface area contributed by atoms with Crippen LogP contribution in [0.15, 0.2) is 42.5 Å². The highest BCUT2D eigenvalue weighted by Gasteiger charge is 2.10. The van der Waals surface area contributed by atoms with Gasteiger partial charge in [-0.2, -0.15) is 0 Å². The van der Waals surface area contributed by atoms with Crippen molar-refractivity contribution in [3.8, 4) is 11.5 Å². The highest BCUT2D eigenvalue weighted by atomic mass is 16.6. The minimum atomic E-state index is -0.479. The molecule has 0 saturated heterocycles. The van der Waals surface area contributed by atoms with E-state index in [2.05, 4.69) is 5.32 Å². The number of carbonyl (C=O) groups is 1. The van der Waals surface area contributed by atoms with Gasteiger partial charge in [-0.3, -0.25) is 14.9 Å². The van der Waals surface area contributed by atoms with Crippen LogP contribution in [-0.4, -0.2) is 24.0 Å². The standard InChI is InChI=1S/C17H18N2O5/c1-3-23-14-5-7-15(8-6-14)24-11-17(20)18-16-9-4-13(19(21)22)10-12(16)2/h4-10H,3,11H2,1-2H3,(H,18,20). The maximum Gasteiger partial charge on any atom is 0.269 e. The van der Waals surface area contributed by atoms with Gasteiger partial charge in [0.1, 0.15) is 11.5 Å². The van der Waals surface area contributed by atoms with Crippen LogP contribution in [0.25, 0.3) is 0 Å². The lowest BCUT2D eigenvalue weighted by atomic mass is 10.2. The smallest absolute Gasteiger partial charge is 0.269 e. The molecule has 0 aliphatic heterocycles. The predicted molar refractivity (Wildman–Crippen MR) is 89.6 cm³/mol. The Morgan fingerprint density at radius 2 is 1.75 bits per heavy atom. The van der Waals surface area contributed by atoms with E-state index in [1.165, 1.54) is 18.2 Å². The highest BCUT2D eigenvalue weighted by Crippen LogP contribution is 2.21. The first-order valence-electron chi connectivity index (χ1n) is 7.40. The molecule has 2 aromatic carbocycles. The zero-order chi connectivity index (χ0) is 17.5. The molecule has 1 N–H and O–H groups in total. The van der Waals surface area contributed by atoms with Gasteiger partial charge in [0.15, 0.2) is 6.61 Å². The van der Waals surface area contributed by atoms with E-state index < -0.39 is 4.92 Å². The Kier molecular flexibility index (Phi) is 5.73. The third kappa shape index (κ3) is 4.70. The van der Waals surface area contributed by atoms with Crippen molar-refractivity contribution >= 4 is 17.3 Å². The van der Waals surface area contributed by atoms with Gasteiger partial charge < -0.3 is 14.8 Å². The third-order valence-corrected chi connectivity index (χ3v) is 3.20. The van der Waals surface area contributed by atoms with E-state index in [1.54, 1.807) is 31.2 Å². The number of ether oxygens (including phenoxy) is 2. The number of rotatable bonds is 7. The SMILES string of the molecule is CCOc1ccc(OCC(=O)Nc2ccc([N+](=O)[O-])cc2C)cc1. The van der Waals surface area contributed by atoms with Crippen molar-refractivity contribution in [2.24, 2.45) is 0 Å². The zero-order valence-electron chi connectivity index (χ0n) is 13.4. The van der Waals surface area contributed by atoms with E-state index >= 15 is 0 Å². The summed E-state index contributed by atoms with van der Waals surface area (Å²) in [5.74, 6) is 0.936. The van der Waals surface area contributed by atoms with Crippen LogP contribution in [0.5, 0.6) is 11.5 Å². The Labute approximate surface area is 139 Å². The van der Waals surface area contributed by atoms with Crippen LogP contribution in [-0.2, 0) is 4.79 Å². The molecule has 0 aliphatic rings. The fourth-order valence-corrected chi connectivity index (χ4v) is 2.04. The van der Waals surface area contributed by atoms with Crippen LogP contribution in [0.4, 0.5) is 11.4 Å². The summed E-state index contributed by atoms with van der Waals surface area (Å²) in [6, 6.07) is 11.2. The maximum atomic E-state index is 11.9. The lowest BCUT2D eigenvalue weighted by molar-refractivity contribution is -0.384. The summed E-state index contributed by atoms with van der Waals surface area (Å²) in [7, 11) is 0. The van der Waals surface area contributed by atoms with E-state index in [0.717, 1.165) is 5.75 Å². The second-order valence-electron chi connectivity index (χ2n) is 5.00. The molecule has 0 radical (unpaired) electrons. The van der Waals surface area contributed by atoms with Gasteiger partial charge in [0, 0.05) is 17.8 Å². The molecule has 7 nitrogen and oxygen atoms in total. The van der Waals surface area contributed by atoms with Gasteiger partial charge in [0.2, 0.25) is 0 Å². The van der Waals surface area contributed by atoms with E-state index in [1.807, 2.05) is 6.92 Å². The Morgan fingerprint density at radius 1 is 1.12 bits per heavy atom. The van der Waals surface area contributed by atoms with Crippen molar-refractivity contribution in [1.82, 2.24) is 0 Å². The number of carbonyl (C=O) groups excluding carboxylic acids is 1. The fourth-order valence-electron chi connectivity index (χ4n) is 2.04. The van der Waals surface area contributed by atoms with Gasteiger partial charge in [-0.05, 0) is 49.7 Å². The van der Waals surface area contributed by atoms with Crippen molar-refractivity contribution in [2.75, 3.05) is 18.5 Å². The first-order chi connectivity index (χ1) is 11.5. The number of non-ortho nitro benzene ring substituents is 1. The van der Waals surface area contributed by atoms with Crippen LogP contribution < -0.4 is 14.8 Å². The molecule has 24 heavy (non-hydrogen) atoms. The summed E-state index contributed by atoms with van der Waals surface area (Å²) >= 11 is 0. The zero-order valence-corrected chi connectivity index (χ0v) is 13.4. The van der Waals surface area contributed by atoms with Gasteiger partial charge in [-0.25, -0.2) is 0 Å². The number of aryl methyl sites for hydroxylation is 1. The first kappa shape index (κ1) is 17.3. The molecule has 0 spiro atoms. The van der Waals surface area contributed by atoms with Crippen LogP contribution in [0.3, 0.4) is 0 Å². The number of benzene rings is 2. The van der Waals surface area contributed by atoms with E-state index in [4.69, 9.17) is 9.47 Å². The van der Waals surface area contributed by atoms with E-state index in [0.29, 0.717) is 23.6 Å². The normalized spacial score (nSPS) is 10.1. The van der Waals surface area contributed by atoms with Crippen LogP contribution in [0, 0.1) is 17.0 Å². The average molecular weight is 330 g/mol. The molecule has 0 aromatic heterocycles. The monoisotopic (exact) mass is 330 g/mol. The molecule has 0 saturated carbocycles. The molecule has 7 heteroatoms. The number of hydrogen-bond acceptors (Lipinski definition) is 5. The molecule has 2 rings (SSSR count). The number of nitrogens with zero attached hydrogens (tertiary/aromatic N) is 1. The molecule has 0 aliphatic carbocycles. The number of nitrogens with one attached hydrogen (secondary N) is 1. The van der Waals surface area contributed by atoms with Crippen LogP contribution in [0.1, 0.15) is 12.5 Å². The first-order valence-corrected chi connectivity index (χ1v) is 7.40. The highest BCUT2D eigenvalue weighted by molar-refractivity contribution is 5.92. The van der Waals surface area contributed by atoms with Crippen molar-refractivity contribution < 1.29 is 19.2 Å². The molecule has 0 fully saturated rings. The number of nitro groups is 1. The minimum absolute atomic E-state index is 0.0175. The number of amides is 1. The lowest BCUT2D eigenvalue weighted by Gasteiger charge is -2.10. The quantitative estimate of drug-likeness (QED) is 0.621. The van der Waals surface area contributed by atoms with Gasteiger partial charge in [-0.15, -0.1) is 0 Å². The average Bonchev–Trinajstić information content (AvgIpc) is 2.56. The molecular weight excluding hydrogens is 312 g/mol. The molecular formula is C17H18N2O5. The largest absolute Gasteiger partial charge is 0.494 e. The number of nitro benzene ring substituents is 1. The summed E-state index contributed by atoms with van der Waals surface area (Å²) in [5, 5.41) is 13.4. The van der Waals surface area contributed by atoms with Crippen molar-refractivity contribution in [3.63, 3.8) is 0 Å². The molecule has 0 heterocycles. The number of hydrogen-bond donors (Lipinski definition) is 1. The molecule has 0 atom stereocenters. The number of anilines is 1. The van der Waals surface area contributed by atoms with Gasteiger partial charge >= 0.3 is 0 Å². The van der Waals surface area contributed by atoms with Crippen LogP contribution in [0.2, 0.25) is 0 Å². The Bertz CT molecular complexity index is 728. The summed E-state index contributed by atoms with van der Waals surface area (Å²) in [6.45, 7) is 4.01. The topological polar surface area (TPSA) is 90.7 Å². The second kappa shape index (κ2) is 7.96.